The van der Waals surface area contributed by atoms with Gasteiger partial charge in [-0.15, -0.1) is 0 Å². The Bertz CT molecular complexity index is 784. The van der Waals surface area contributed by atoms with Crippen molar-refractivity contribution in [2.75, 3.05) is 0 Å². The lowest BCUT2D eigenvalue weighted by molar-refractivity contribution is -0.0873. The van der Waals surface area contributed by atoms with E-state index in [9.17, 15) is 5.26 Å². The van der Waals surface area contributed by atoms with Crippen molar-refractivity contribution in [3.05, 3.63) is 0 Å². The minimum absolute atomic E-state index is 0.00135. The molecule has 10 unspecified atom stereocenters. The molecule has 3 heteroatoms. The summed E-state index contributed by atoms with van der Waals surface area (Å²) in [5, 5.41) is 9.39. The molecule has 5 fully saturated rings. The molecule has 5 aliphatic carbocycles. The first-order chi connectivity index (χ1) is 14.4. The lowest BCUT2D eigenvalue weighted by atomic mass is 9.47. The second-order valence-electron chi connectivity index (χ2n) is 13.1. The zero-order valence-electron chi connectivity index (χ0n) is 21.6. The number of nitriles is 1. The average Bonchev–Trinajstić information content (AvgIpc) is 2.91. The summed E-state index contributed by atoms with van der Waals surface area (Å²) >= 11 is 0. The summed E-state index contributed by atoms with van der Waals surface area (Å²) < 4.78 is 0. The summed E-state index contributed by atoms with van der Waals surface area (Å²) in [7, 11) is 0. The molecule has 0 aromatic heterocycles. The van der Waals surface area contributed by atoms with Crippen LogP contribution in [0.3, 0.4) is 0 Å². The van der Waals surface area contributed by atoms with Crippen LogP contribution in [-0.2, 0) is 0 Å². The minimum Gasteiger partial charge on any atom is -0.327 e. The Morgan fingerprint density at radius 2 is 1.68 bits per heavy atom. The van der Waals surface area contributed by atoms with Crippen LogP contribution in [-0.4, -0.2) is 11.6 Å². The number of fused-ring (bicyclic) bond motifs is 1. The van der Waals surface area contributed by atoms with Gasteiger partial charge in [0.05, 0.1) is 6.07 Å². The van der Waals surface area contributed by atoms with Gasteiger partial charge in [-0.1, -0.05) is 55.4 Å². The molecule has 2 spiro atoms. The van der Waals surface area contributed by atoms with Gasteiger partial charge in [0.15, 0.2) is 0 Å². The van der Waals surface area contributed by atoms with E-state index in [0.29, 0.717) is 47.0 Å². The van der Waals surface area contributed by atoms with Gasteiger partial charge >= 0.3 is 0 Å². The second-order valence-corrected chi connectivity index (χ2v) is 13.1. The van der Waals surface area contributed by atoms with E-state index in [4.69, 9.17) is 11.5 Å². The molecule has 4 N–H and O–H groups in total. The van der Waals surface area contributed by atoms with Crippen molar-refractivity contribution in [1.82, 2.24) is 0 Å². The van der Waals surface area contributed by atoms with E-state index in [2.05, 4.69) is 47.6 Å². The highest BCUT2D eigenvalue weighted by atomic mass is 15.1. The molecular weight excluding hydrogens is 378 g/mol. The van der Waals surface area contributed by atoms with Crippen molar-refractivity contribution < 1.29 is 0 Å². The van der Waals surface area contributed by atoms with E-state index in [1.54, 1.807) is 0 Å². The van der Waals surface area contributed by atoms with Crippen LogP contribution in [0.4, 0.5) is 0 Å². The molecule has 0 aromatic rings. The van der Waals surface area contributed by atoms with E-state index in [-0.39, 0.29) is 21.8 Å². The number of rotatable bonds is 2. The van der Waals surface area contributed by atoms with Crippen molar-refractivity contribution in [3.8, 4) is 6.07 Å². The summed E-state index contributed by atoms with van der Waals surface area (Å²) in [6, 6.07) is 2.78. The van der Waals surface area contributed by atoms with E-state index in [0.717, 1.165) is 6.42 Å². The molecule has 0 aliphatic heterocycles. The Kier molecular flexibility index (Phi) is 5.11. The summed E-state index contributed by atoms with van der Waals surface area (Å²) in [5.41, 5.74) is 15.6. The molecule has 176 valence electrons. The number of hydrogen-bond donors (Lipinski definition) is 2. The summed E-state index contributed by atoms with van der Waals surface area (Å²) in [6.07, 6.45) is 9.40. The summed E-state index contributed by atoms with van der Waals surface area (Å²) in [4.78, 5) is 0. The van der Waals surface area contributed by atoms with Gasteiger partial charge in [0, 0.05) is 28.8 Å². The van der Waals surface area contributed by atoms with Crippen LogP contribution in [0.2, 0.25) is 0 Å². The molecule has 0 aromatic carbocycles. The maximum atomic E-state index is 9.39. The van der Waals surface area contributed by atoms with Gasteiger partial charge in [0.2, 0.25) is 0 Å². The highest BCUT2D eigenvalue weighted by Gasteiger charge is 2.98. The topological polar surface area (TPSA) is 75.8 Å². The molecule has 0 saturated heterocycles. The first-order valence-electron chi connectivity index (χ1n) is 13.3. The van der Waals surface area contributed by atoms with Crippen LogP contribution in [0.15, 0.2) is 0 Å². The van der Waals surface area contributed by atoms with Gasteiger partial charge in [-0.05, 0) is 84.9 Å². The summed E-state index contributed by atoms with van der Waals surface area (Å²) in [5.74, 6) is 2.49. The van der Waals surface area contributed by atoms with Crippen molar-refractivity contribution in [2.45, 2.75) is 118 Å². The largest absolute Gasteiger partial charge is 0.327 e. The summed E-state index contributed by atoms with van der Waals surface area (Å²) in [6.45, 7) is 19.0. The van der Waals surface area contributed by atoms with Crippen molar-refractivity contribution in [3.63, 3.8) is 0 Å². The quantitative estimate of drug-likeness (QED) is 0.545. The van der Waals surface area contributed by atoms with Crippen molar-refractivity contribution in [1.29, 1.82) is 5.26 Å². The molecule has 0 amide bonds. The maximum absolute atomic E-state index is 9.39. The maximum Gasteiger partial charge on any atom is 0.0624 e. The molecule has 31 heavy (non-hydrogen) atoms. The minimum atomic E-state index is 0.00135. The lowest BCUT2D eigenvalue weighted by Gasteiger charge is -2.57. The lowest BCUT2D eigenvalue weighted by Crippen LogP contribution is -2.57. The van der Waals surface area contributed by atoms with Gasteiger partial charge in [-0.25, -0.2) is 0 Å². The fourth-order valence-electron chi connectivity index (χ4n) is 11.7. The molecule has 3 nitrogen and oxygen atoms in total. The van der Waals surface area contributed by atoms with Gasteiger partial charge in [-0.2, -0.15) is 5.26 Å². The van der Waals surface area contributed by atoms with Crippen LogP contribution in [0.1, 0.15) is 107 Å². The number of nitrogens with zero attached hydrogens (tertiary/aromatic N) is 1. The first kappa shape index (κ1) is 23.6. The van der Waals surface area contributed by atoms with Crippen LogP contribution in [0, 0.1) is 62.1 Å². The molecule has 0 bridgehead atoms. The van der Waals surface area contributed by atoms with E-state index in [1.807, 2.05) is 13.8 Å². The smallest absolute Gasteiger partial charge is 0.0624 e. The standard InChI is InChI=1S/C26H43N3.C2H6/c1-16(9-14-27)18-7-10-23(6)22(18,5)12-13-25(29)24-11-8-20(28)21(3,4)19(24)15-17(2)26(23,24)25;1-2/h16-20H,7-13,15,28-29H2,1-6H3;1-2H3. The third-order valence-corrected chi connectivity index (χ3v) is 12.8. The highest BCUT2D eigenvalue weighted by Crippen LogP contribution is 2.98. The zero-order valence-corrected chi connectivity index (χ0v) is 21.6. The molecular formula is C28H49N3. The fourth-order valence-corrected chi connectivity index (χ4v) is 11.7. The SMILES string of the molecule is CC.CC(CC#N)C1CCC2(C)C1(C)CCC1(N)C34CCC(N)C(C)(C)C3CC(C)C214. The van der Waals surface area contributed by atoms with Gasteiger partial charge in [0.25, 0.3) is 0 Å². The highest BCUT2D eigenvalue weighted by molar-refractivity contribution is 5.49. The Morgan fingerprint density at radius 3 is 2.29 bits per heavy atom. The molecule has 0 heterocycles. The van der Waals surface area contributed by atoms with Gasteiger partial charge < -0.3 is 11.5 Å². The first-order valence-corrected chi connectivity index (χ1v) is 13.3. The zero-order chi connectivity index (χ0) is 23.3. The fraction of sp³-hybridized carbons (Fsp3) is 0.964. The molecule has 0 radical (unpaired) electrons. The van der Waals surface area contributed by atoms with Crippen LogP contribution < -0.4 is 11.5 Å². The Balaban J connectivity index is 0.00000112. The third-order valence-electron chi connectivity index (χ3n) is 12.8. The normalized spacial score (nSPS) is 56.7. The second kappa shape index (κ2) is 6.73. The van der Waals surface area contributed by atoms with Crippen LogP contribution in [0.5, 0.6) is 0 Å². The molecule has 5 rings (SSSR count). The third kappa shape index (κ3) is 2.11. The Hall–Kier alpha value is -0.590. The Labute approximate surface area is 192 Å². The predicted molar refractivity (Wildman–Crippen MR) is 129 cm³/mol. The molecule has 5 aliphatic rings. The van der Waals surface area contributed by atoms with Gasteiger partial charge in [0.1, 0.15) is 0 Å². The average molecular weight is 428 g/mol. The van der Waals surface area contributed by atoms with E-state index >= 15 is 0 Å². The van der Waals surface area contributed by atoms with Crippen molar-refractivity contribution in [2.24, 2.45) is 62.2 Å². The van der Waals surface area contributed by atoms with Crippen molar-refractivity contribution >= 4 is 0 Å². The molecule has 5 saturated carbocycles. The van der Waals surface area contributed by atoms with E-state index in [1.165, 1.54) is 38.5 Å². The Morgan fingerprint density at radius 1 is 1.03 bits per heavy atom. The number of hydrogen-bond acceptors (Lipinski definition) is 3. The number of nitrogens with two attached hydrogens (primary N) is 2. The predicted octanol–water partition coefficient (Wildman–Crippen LogP) is 6.27. The van der Waals surface area contributed by atoms with Crippen LogP contribution >= 0.6 is 0 Å². The molecule has 10 atom stereocenters. The van der Waals surface area contributed by atoms with Gasteiger partial charge in [-0.3, -0.25) is 0 Å². The van der Waals surface area contributed by atoms with Crippen LogP contribution in [0.25, 0.3) is 0 Å². The van der Waals surface area contributed by atoms with E-state index < -0.39 is 0 Å². The monoisotopic (exact) mass is 427 g/mol.